The molecular weight excluding hydrogens is 344 g/mol. The van der Waals surface area contributed by atoms with Gasteiger partial charge >= 0.3 is 0 Å². The zero-order valence-electron chi connectivity index (χ0n) is 15.4. The number of nitrogens with zero attached hydrogens (tertiary/aromatic N) is 1. The zero-order valence-corrected chi connectivity index (χ0v) is 16.2. The van der Waals surface area contributed by atoms with Crippen LogP contribution in [0.5, 0.6) is 5.75 Å². The van der Waals surface area contributed by atoms with Gasteiger partial charge in [-0.25, -0.2) is 4.98 Å². The Balaban J connectivity index is 1.64. The Morgan fingerprint density at radius 3 is 2.42 bits per heavy atom. The van der Waals surface area contributed by atoms with E-state index in [1.165, 1.54) is 22.5 Å². The molecule has 0 bridgehead atoms. The van der Waals surface area contributed by atoms with Gasteiger partial charge in [0.05, 0.1) is 5.69 Å². The zero-order chi connectivity index (χ0) is 18.7. The fourth-order valence-corrected chi connectivity index (χ4v) is 3.54. The largest absolute Gasteiger partial charge is 0.483 e. The van der Waals surface area contributed by atoms with E-state index in [2.05, 4.69) is 29.4 Å². The molecule has 2 aromatic carbocycles. The highest BCUT2D eigenvalue weighted by Gasteiger charge is 2.13. The third kappa shape index (κ3) is 4.29. The molecule has 0 aliphatic carbocycles. The summed E-state index contributed by atoms with van der Waals surface area (Å²) in [5.74, 6) is 0.510. The van der Waals surface area contributed by atoms with Crippen LogP contribution in [0, 0.1) is 27.7 Å². The number of carbonyl (C=O) groups is 1. The first-order chi connectivity index (χ1) is 12.4. The third-order valence-corrected chi connectivity index (χ3v) is 4.94. The van der Waals surface area contributed by atoms with E-state index in [-0.39, 0.29) is 12.5 Å². The molecule has 0 saturated heterocycles. The molecule has 0 spiro atoms. The van der Waals surface area contributed by atoms with E-state index in [9.17, 15) is 4.79 Å². The summed E-state index contributed by atoms with van der Waals surface area (Å²) in [5.41, 5.74) is 5.35. The van der Waals surface area contributed by atoms with Gasteiger partial charge < -0.3 is 4.74 Å². The molecule has 0 saturated carbocycles. The molecule has 1 aromatic heterocycles. The molecule has 26 heavy (non-hydrogen) atoms. The number of amides is 1. The third-order valence-electron chi connectivity index (χ3n) is 4.06. The molecule has 0 radical (unpaired) electrons. The standard InChI is InChI=1S/C21H22N2O2S/c1-13-5-8-17(9-6-13)20-16(4)26-21(23-20)22-19(24)12-25-18-10-7-14(2)11-15(18)3/h5-11H,12H2,1-4H3,(H,22,23,24). The molecule has 5 heteroatoms. The molecule has 4 nitrogen and oxygen atoms in total. The number of hydrogen-bond donors (Lipinski definition) is 1. The lowest BCUT2D eigenvalue weighted by atomic mass is 10.1. The Hall–Kier alpha value is -2.66. The number of aromatic nitrogens is 1. The fourth-order valence-electron chi connectivity index (χ4n) is 2.69. The van der Waals surface area contributed by atoms with Gasteiger partial charge in [0.1, 0.15) is 5.75 Å². The van der Waals surface area contributed by atoms with Crippen LogP contribution in [-0.4, -0.2) is 17.5 Å². The molecule has 0 aliphatic rings. The predicted octanol–water partition coefficient (Wildman–Crippen LogP) is 5.06. The summed E-state index contributed by atoms with van der Waals surface area (Å²) in [6.45, 7) is 8.02. The number of benzene rings is 2. The maximum absolute atomic E-state index is 12.2. The smallest absolute Gasteiger partial charge is 0.264 e. The van der Waals surface area contributed by atoms with Crippen molar-refractivity contribution in [1.29, 1.82) is 0 Å². The molecule has 0 atom stereocenters. The van der Waals surface area contributed by atoms with E-state index < -0.39 is 0 Å². The van der Waals surface area contributed by atoms with E-state index in [4.69, 9.17) is 4.74 Å². The number of aryl methyl sites for hydroxylation is 4. The van der Waals surface area contributed by atoms with Gasteiger partial charge in [-0.05, 0) is 39.3 Å². The second-order valence-corrected chi connectivity index (χ2v) is 7.60. The van der Waals surface area contributed by atoms with Gasteiger partial charge in [-0.3, -0.25) is 10.1 Å². The highest BCUT2D eigenvalue weighted by Crippen LogP contribution is 2.30. The normalized spacial score (nSPS) is 10.6. The second-order valence-electron chi connectivity index (χ2n) is 6.40. The number of nitrogens with one attached hydrogen (secondary N) is 1. The minimum absolute atomic E-state index is 0.0393. The van der Waals surface area contributed by atoms with Crippen molar-refractivity contribution in [3.05, 3.63) is 64.0 Å². The molecule has 0 aliphatic heterocycles. The highest BCUT2D eigenvalue weighted by molar-refractivity contribution is 7.16. The van der Waals surface area contributed by atoms with Crippen molar-refractivity contribution in [2.75, 3.05) is 11.9 Å². The van der Waals surface area contributed by atoms with Crippen molar-refractivity contribution in [2.45, 2.75) is 27.7 Å². The molecule has 3 aromatic rings. The number of thiazole rings is 1. The molecule has 1 N–H and O–H groups in total. The van der Waals surface area contributed by atoms with Crippen LogP contribution >= 0.6 is 11.3 Å². The summed E-state index contributed by atoms with van der Waals surface area (Å²) in [5, 5.41) is 3.42. The first-order valence-corrected chi connectivity index (χ1v) is 9.28. The van der Waals surface area contributed by atoms with Gasteiger partial charge in [0, 0.05) is 10.4 Å². The van der Waals surface area contributed by atoms with Crippen LogP contribution in [0.1, 0.15) is 21.6 Å². The van der Waals surface area contributed by atoms with Gasteiger partial charge in [-0.2, -0.15) is 0 Å². The van der Waals surface area contributed by atoms with Gasteiger partial charge in [-0.1, -0.05) is 47.5 Å². The number of hydrogen-bond acceptors (Lipinski definition) is 4. The lowest BCUT2D eigenvalue weighted by Gasteiger charge is -2.09. The van der Waals surface area contributed by atoms with Crippen LogP contribution in [0.25, 0.3) is 11.3 Å². The van der Waals surface area contributed by atoms with Gasteiger partial charge in [0.15, 0.2) is 11.7 Å². The van der Waals surface area contributed by atoms with Gasteiger partial charge in [0.25, 0.3) is 5.91 Å². The first kappa shape index (κ1) is 18.1. The van der Waals surface area contributed by atoms with E-state index in [1.807, 2.05) is 51.1 Å². The van der Waals surface area contributed by atoms with Crippen molar-refractivity contribution in [3.8, 4) is 17.0 Å². The summed E-state index contributed by atoms with van der Waals surface area (Å²) in [6, 6.07) is 14.1. The van der Waals surface area contributed by atoms with Crippen LogP contribution in [0.2, 0.25) is 0 Å². The van der Waals surface area contributed by atoms with Crippen LogP contribution < -0.4 is 10.1 Å². The lowest BCUT2D eigenvalue weighted by molar-refractivity contribution is -0.118. The summed E-state index contributed by atoms with van der Waals surface area (Å²) in [6.07, 6.45) is 0. The van der Waals surface area contributed by atoms with E-state index in [0.717, 1.165) is 27.4 Å². The summed E-state index contributed by atoms with van der Waals surface area (Å²) < 4.78 is 5.63. The Morgan fingerprint density at radius 2 is 1.73 bits per heavy atom. The summed E-state index contributed by atoms with van der Waals surface area (Å²) in [7, 11) is 0. The summed E-state index contributed by atoms with van der Waals surface area (Å²) >= 11 is 1.47. The predicted molar refractivity (Wildman–Crippen MR) is 107 cm³/mol. The van der Waals surface area contributed by atoms with Crippen LogP contribution in [-0.2, 0) is 4.79 Å². The maximum Gasteiger partial charge on any atom is 0.264 e. The van der Waals surface area contributed by atoms with Crippen LogP contribution in [0.4, 0.5) is 5.13 Å². The van der Waals surface area contributed by atoms with Crippen molar-refractivity contribution in [3.63, 3.8) is 0 Å². The number of anilines is 1. The molecular formula is C21H22N2O2S. The van der Waals surface area contributed by atoms with E-state index >= 15 is 0 Å². The minimum atomic E-state index is -0.214. The average Bonchev–Trinajstić information content (AvgIpc) is 2.95. The summed E-state index contributed by atoms with van der Waals surface area (Å²) in [4.78, 5) is 17.8. The van der Waals surface area contributed by atoms with Crippen LogP contribution in [0.15, 0.2) is 42.5 Å². The van der Waals surface area contributed by atoms with Crippen molar-refractivity contribution >= 4 is 22.4 Å². The molecule has 134 valence electrons. The Morgan fingerprint density at radius 1 is 1.04 bits per heavy atom. The molecule has 0 fully saturated rings. The topological polar surface area (TPSA) is 51.2 Å². The van der Waals surface area contributed by atoms with Crippen molar-refractivity contribution in [1.82, 2.24) is 4.98 Å². The quantitative estimate of drug-likeness (QED) is 0.686. The van der Waals surface area contributed by atoms with Gasteiger partial charge in [-0.15, -0.1) is 11.3 Å². The monoisotopic (exact) mass is 366 g/mol. The van der Waals surface area contributed by atoms with Crippen molar-refractivity contribution in [2.24, 2.45) is 0 Å². The Bertz CT molecular complexity index is 930. The van der Waals surface area contributed by atoms with Crippen molar-refractivity contribution < 1.29 is 9.53 Å². The highest BCUT2D eigenvalue weighted by atomic mass is 32.1. The number of rotatable bonds is 5. The Kier molecular flexibility index (Phi) is 5.38. The average molecular weight is 366 g/mol. The maximum atomic E-state index is 12.2. The molecule has 1 amide bonds. The second kappa shape index (κ2) is 7.70. The number of carbonyl (C=O) groups excluding carboxylic acids is 1. The van der Waals surface area contributed by atoms with Gasteiger partial charge in [0.2, 0.25) is 0 Å². The first-order valence-electron chi connectivity index (χ1n) is 8.47. The van der Waals surface area contributed by atoms with Crippen LogP contribution in [0.3, 0.4) is 0 Å². The lowest BCUT2D eigenvalue weighted by Crippen LogP contribution is -2.20. The SMILES string of the molecule is Cc1ccc(-c2nc(NC(=O)COc3ccc(C)cc3C)sc2C)cc1. The molecule has 1 heterocycles. The minimum Gasteiger partial charge on any atom is -0.483 e. The Labute approximate surface area is 157 Å². The molecule has 0 unspecified atom stereocenters. The van der Waals surface area contributed by atoms with E-state index in [0.29, 0.717) is 5.13 Å². The fraction of sp³-hybridized carbons (Fsp3) is 0.238. The van der Waals surface area contributed by atoms with E-state index in [1.54, 1.807) is 0 Å². The number of ether oxygens (including phenoxy) is 1. The molecule has 3 rings (SSSR count).